The number of nitrogens with one attached hydrogen (secondary N) is 5. The predicted octanol–water partition coefficient (Wildman–Crippen LogP) is -4.46. The lowest BCUT2D eigenvalue weighted by molar-refractivity contribution is -0.142. The zero-order chi connectivity index (χ0) is 27.5. The monoisotopic (exact) mass is 520 g/mol. The molecule has 2 aromatic rings. The lowest BCUT2D eigenvalue weighted by Gasteiger charge is -2.24. The van der Waals surface area contributed by atoms with E-state index < -0.39 is 72.5 Å². The number of carbonyl (C=O) groups excluding carboxylic acids is 5. The highest BCUT2D eigenvalue weighted by atomic mass is 16.4. The van der Waals surface area contributed by atoms with Crippen molar-refractivity contribution in [3.8, 4) is 0 Å². The Kier molecular flexibility index (Phi) is 10.2. The van der Waals surface area contributed by atoms with Crippen molar-refractivity contribution in [1.82, 2.24) is 35.9 Å². The molecule has 0 aliphatic rings. The minimum absolute atomic E-state index is 0.0381. The quantitative estimate of drug-likeness (QED) is 0.108. The van der Waals surface area contributed by atoms with Gasteiger partial charge in [0.05, 0.1) is 31.5 Å². The summed E-state index contributed by atoms with van der Waals surface area (Å²) < 4.78 is 0. The molecule has 2 rings (SSSR count). The van der Waals surface area contributed by atoms with Gasteiger partial charge in [0.15, 0.2) is 0 Å². The molecule has 0 bridgehead atoms. The van der Waals surface area contributed by atoms with Crippen molar-refractivity contribution >= 4 is 35.5 Å². The Morgan fingerprint density at radius 2 is 1.19 bits per heavy atom. The van der Waals surface area contributed by atoms with Crippen molar-refractivity contribution in [2.75, 3.05) is 0 Å². The number of aliphatic carboxylic acids is 1. The molecule has 2 heterocycles. The number of amides is 5. The number of primary amides is 2. The van der Waals surface area contributed by atoms with Gasteiger partial charge in [-0.3, -0.25) is 24.0 Å². The summed E-state index contributed by atoms with van der Waals surface area (Å²) in [5.41, 5.74) is 17.2. The van der Waals surface area contributed by atoms with Crippen LogP contribution in [0.5, 0.6) is 0 Å². The van der Waals surface area contributed by atoms with E-state index >= 15 is 0 Å². The van der Waals surface area contributed by atoms with E-state index in [1.807, 2.05) is 0 Å². The summed E-state index contributed by atoms with van der Waals surface area (Å²) in [6, 6.07) is -5.75. The van der Waals surface area contributed by atoms with Crippen molar-refractivity contribution in [2.45, 2.75) is 49.9 Å². The van der Waals surface area contributed by atoms with Gasteiger partial charge in [0.1, 0.15) is 18.1 Å². The molecule has 0 fully saturated rings. The third-order valence-corrected chi connectivity index (χ3v) is 5.00. The molecule has 0 aliphatic heterocycles. The molecule has 12 N–H and O–H groups in total. The SMILES string of the molecule is NC(=O)CC(NC(=O)C(N)Cc1cnc[nH]1)C(=O)NC(CC(N)=O)C(=O)NC(Cc1cnc[nH]1)C(=O)O. The first-order valence-electron chi connectivity index (χ1n) is 10.9. The molecule has 37 heavy (non-hydrogen) atoms. The zero-order valence-corrected chi connectivity index (χ0v) is 19.5. The second-order valence-corrected chi connectivity index (χ2v) is 8.03. The van der Waals surface area contributed by atoms with Gasteiger partial charge in [-0.2, -0.15) is 0 Å². The second-order valence-electron chi connectivity index (χ2n) is 8.03. The molecule has 4 unspecified atom stereocenters. The summed E-state index contributed by atoms with van der Waals surface area (Å²) >= 11 is 0. The maximum absolute atomic E-state index is 12.9. The lowest BCUT2D eigenvalue weighted by atomic mass is 10.1. The summed E-state index contributed by atoms with van der Waals surface area (Å²) in [6.45, 7) is 0. The maximum atomic E-state index is 12.9. The fourth-order valence-corrected chi connectivity index (χ4v) is 3.19. The molecule has 5 amide bonds. The van der Waals surface area contributed by atoms with Crippen molar-refractivity contribution in [3.05, 3.63) is 36.4 Å². The Labute approximate surface area is 209 Å². The molecule has 0 radical (unpaired) electrons. The van der Waals surface area contributed by atoms with E-state index in [0.717, 1.165) is 0 Å². The standard InChI is InChI=1S/C20H28N10O7/c21-11(1-9-5-24-7-26-9)17(33)28-12(3-15(22)31)18(34)29-13(4-16(23)32)19(35)30-14(20(36)37)2-10-6-25-8-27-10/h5-8,11-14H,1-4,21H2,(H2,22,31)(H2,23,32)(H,24,26)(H,25,27)(H,28,33)(H,29,34)(H,30,35)(H,36,37). The maximum Gasteiger partial charge on any atom is 0.326 e. The molecule has 17 heteroatoms. The van der Waals surface area contributed by atoms with Gasteiger partial charge in [-0.15, -0.1) is 0 Å². The van der Waals surface area contributed by atoms with Crippen LogP contribution in [0.3, 0.4) is 0 Å². The number of carboxylic acid groups (broad SMARTS) is 1. The first kappa shape index (κ1) is 28.4. The highest BCUT2D eigenvalue weighted by Gasteiger charge is 2.32. The third kappa shape index (κ3) is 9.40. The van der Waals surface area contributed by atoms with E-state index in [-0.39, 0.29) is 12.8 Å². The molecule has 0 spiro atoms. The zero-order valence-electron chi connectivity index (χ0n) is 19.5. The van der Waals surface area contributed by atoms with Crippen LogP contribution in [-0.4, -0.2) is 84.7 Å². The largest absolute Gasteiger partial charge is 0.480 e. The van der Waals surface area contributed by atoms with E-state index in [2.05, 4.69) is 35.9 Å². The van der Waals surface area contributed by atoms with Crippen LogP contribution in [0.1, 0.15) is 24.2 Å². The summed E-state index contributed by atoms with van der Waals surface area (Å²) in [4.78, 5) is 85.8. The Morgan fingerprint density at radius 1 is 0.757 bits per heavy atom. The molecule has 17 nitrogen and oxygen atoms in total. The van der Waals surface area contributed by atoms with Crippen molar-refractivity contribution in [1.29, 1.82) is 0 Å². The van der Waals surface area contributed by atoms with E-state index in [0.29, 0.717) is 11.4 Å². The molecule has 0 saturated carbocycles. The van der Waals surface area contributed by atoms with Crippen LogP contribution in [0, 0.1) is 0 Å². The highest BCUT2D eigenvalue weighted by molar-refractivity contribution is 5.97. The van der Waals surface area contributed by atoms with Gasteiger partial charge in [0.25, 0.3) is 0 Å². The number of carbonyl (C=O) groups is 6. The van der Waals surface area contributed by atoms with Crippen LogP contribution in [-0.2, 0) is 41.6 Å². The number of nitrogens with two attached hydrogens (primary N) is 3. The lowest BCUT2D eigenvalue weighted by Crippen LogP contribution is -2.58. The first-order valence-corrected chi connectivity index (χ1v) is 10.9. The van der Waals surface area contributed by atoms with Gasteiger partial charge in [-0.1, -0.05) is 0 Å². The predicted molar refractivity (Wildman–Crippen MR) is 124 cm³/mol. The number of nitrogens with zero attached hydrogens (tertiary/aromatic N) is 2. The molecular weight excluding hydrogens is 492 g/mol. The van der Waals surface area contributed by atoms with Gasteiger partial charge in [-0.25, -0.2) is 14.8 Å². The highest BCUT2D eigenvalue weighted by Crippen LogP contribution is 2.03. The smallest absolute Gasteiger partial charge is 0.326 e. The van der Waals surface area contributed by atoms with Gasteiger partial charge in [-0.05, 0) is 0 Å². The van der Waals surface area contributed by atoms with Crippen molar-refractivity contribution in [2.24, 2.45) is 17.2 Å². The van der Waals surface area contributed by atoms with Crippen LogP contribution in [0.15, 0.2) is 25.0 Å². The van der Waals surface area contributed by atoms with Crippen LogP contribution in [0.4, 0.5) is 0 Å². The summed E-state index contributed by atoms with van der Waals surface area (Å²) in [7, 11) is 0. The number of aromatic amines is 2. The summed E-state index contributed by atoms with van der Waals surface area (Å²) in [5, 5.41) is 16.1. The molecular formula is C20H28N10O7. The number of aromatic nitrogens is 4. The van der Waals surface area contributed by atoms with E-state index in [4.69, 9.17) is 17.2 Å². The first-order chi connectivity index (χ1) is 17.5. The van der Waals surface area contributed by atoms with Crippen LogP contribution >= 0.6 is 0 Å². The Morgan fingerprint density at radius 3 is 1.59 bits per heavy atom. The average molecular weight is 521 g/mol. The topological polar surface area (TPSA) is 294 Å². The number of H-pyrrole nitrogens is 2. The molecule has 0 aromatic carbocycles. The Bertz CT molecular complexity index is 1100. The van der Waals surface area contributed by atoms with Gasteiger partial charge < -0.3 is 48.2 Å². The van der Waals surface area contributed by atoms with E-state index in [1.54, 1.807) is 0 Å². The number of rotatable bonds is 15. The molecule has 4 atom stereocenters. The molecule has 2 aromatic heterocycles. The van der Waals surface area contributed by atoms with Gasteiger partial charge >= 0.3 is 5.97 Å². The number of hydrogen-bond acceptors (Lipinski definition) is 9. The Balaban J connectivity index is 2.11. The van der Waals surface area contributed by atoms with Gasteiger partial charge in [0.2, 0.25) is 29.5 Å². The second kappa shape index (κ2) is 13.3. The van der Waals surface area contributed by atoms with Crippen LogP contribution in [0.2, 0.25) is 0 Å². The molecule has 200 valence electrons. The summed E-state index contributed by atoms with van der Waals surface area (Å²) in [6.07, 6.45) is 4.02. The van der Waals surface area contributed by atoms with Crippen LogP contribution in [0.25, 0.3) is 0 Å². The van der Waals surface area contributed by atoms with Crippen LogP contribution < -0.4 is 33.2 Å². The molecule has 0 saturated heterocycles. The van der Waals surface area contributed by atoms with E-state index in [9.17, 15) is 33.9 Å². The number of imidazole rings is 2. The fraction of sp³-hybridized carbons (Fsp3) is 0.400. The Hall–Kier alpha value is -4.80. The minimum atomic E-state index is -1.63. The fourth-order valence-electron chi connectivity index (χ4n) is 3.19. The number of hydrogen-bond donors (Lipinski definition) is 9. The van der Waals surface area contributed by atoms with E-state index in [1.165, 1.54) is 25.0 Å². The third-order valence-electron chi connectivity index (χ3n) is 5.00. The number of carboxylic acids is 1. The summed E-state index contributed by atoms with van der Waals surface area (Å²) in [5.74, 6) is -6.24. The van der Waals surface area contributed by atoms with Crippen molar-refractivity contribution in [3.63, 3.8) is 0 Å². The molecule has 0 aliphatic carbocycles. The van der Waals surface area contributed by atoms with Crippen molar-refractivity contribution < 1.29 is 33.9 Å². The average Bonchev–Trinajstić information content (AvgIpc) is 3.51. The normalized spacial score (nSPS) is 14.0. The van der Waals surface area contributed by atoms with Gasteiger partial charge in [0, 0.05) is 36.6 Å². The minimum Gasteiger partial charge on any atom is -0.480 e.